The first-order valence-electron chi connectivity index (χ1n) is 10.3. The number of benzene rings is 1. The zero-order chi connectivity index (χ0) is 23.5. The van der Waals surface area contributed by atoms with E-state index in [-0.39, 0.29) is 17.3 Å². The van der Waals surface area contributed by atoms with Crippen molar-refractivity contribution in [2.45, 2.75) is 6.54 Å². The van der Waals surface area contributed by atoms with E-state index in [9.17, 15) is 4.79 Å². The monoisotopic (exact) mass is 447 g/mol. The van der Waals surface area contributed by atoms with Gasteiger partial charge >= 0.3 is 0 Å². The molecule has 0 unspecified atom stereocenters. The minimum Gasteiger partial charge on any atom is -0.383 e. The number of nitriles is 1. The van der Waals surface area contributed by atoms with Crippen molar-refractivity contribution in [3.8, 4) is 23.1 Å². The molecule has 0 radical (unpaired) electrons. The molecular weight excluding hydrogens is 430 g/mol. The molecule has 0 aliphatic rings. The van der Waals surface area contributed by atoms with Gasteiger partial charge in [-0.2, -0.15) is 5.26 Å². The van der Waals surface area contributed by atoms with Crippen molar-refractivity contribution in [1.82, 2.24) is 34.8 Å². The summed E-state index contributed by atoms with van der Waals surface area (Å²) in [6.45, 7) is 0.310. The number of hydrogen-bond acceptors (Lipinski definition) is 8. The van der Waals surface area contributed by atoms with Crippen LogP contribution >= 0.6 is 0 Å². The molecular formula is C24H17N9O. The van der Waals surface area contributed by atoms with Crippen LogP contribution in [-0.2, 0) is 6.54 Å². The van der Waals surface area contributed by atoms with Crippen molar-refractivity contribution >= 4 is 22.9 Å². The quantitative estimate of drug-likeness (QED) is 0.418. The number of rotatable bonds is 5. The highest BCUT2D eigenvalue weighted by Gasteiger charge is 2.17. The van der Waals surface area contributed by atoms with Crippen LogP contribution in [0.25, 0.3) is 28.2 Å². The lowest BCUT2D eigenvalue weighted by atomic mass is 10.2. The molecule has 0 atom stereocenters. The number of imidazole rings is 1. The topological polar surface area (TPSA) is 148 Å². The second-order valence-corrected chi connectivity index (χ2v) is 7.31. The summed E-state index contributed by atoms with van der Waals surface area (Å²) >= 11 is 0. The van der Waals surface area contributed by atoms with E-state index < -0.39 is 0 Å². The first-order chi connectivity index (χ1) is 16.6. The second kappa shape index (κ2) is 8.76. The molecule has 10 nitrogen and oxygen atoms in total. The van der Waals surface area contributed by atoms with E-state index in [1.165, 1.54) is 12.4 Å². The van der Waals surface area contributed by atoms with Crippen molar-refractivity contribution in [2.75, 3.05) is 5.73 Å². The van der Waals surface area contributed by atoms with Crippen LogP contribution in [0.3, 0.4) is 0 Å². The fourth-order valence-electron chi connectivity index (χ4n) is 3.49. The lowest BCUT2D eigenvalue weighted by molar-refractivity contribution is 0.0950. The van der Waals surface area contributed by atoms with Gasteiger partial charge < -0.3 is 11.1 Å². The molecule has 0 aliphatic carbocycles. The maximum absolute atomic E-state index is 12.3. The molecule has 4 aromatic heterocycles. The number of pyridine rings is 2. The summed E-state index contributed by atoms with van der Waals surface area (Å²) in [6.07, 6.45) is 6.00. The van der Waals surface area contributed by atoms with Gasteiger partial charge in [-0.25, -0.2) is 24.9 Å². The van der Waals surface area contributed by atoms with Crippen LogP contribution in [-0.4, -0.2) is 35.4 Å². The Kier molecular flexibility index (Phi) is 5.34. The van der Waals surface area contributed by atoms with Crippen LogP contribution in [0.2, 0.25) is 0 Å². The summed E-state index contributed by atoms with van der Waals surface area (Å²) < 4.78 is 1.93. The van der Waals surface area contributed by atoms with Crippen molar-refractivity contribution < 1.29 is 4.79 Å². The van der Waals surface area contributed by atoms with Gasteiger partial charge in [-0.15, -0.1) is 0 Å². The van der Waals surface area contributed by atoms with E-state index in [4.69, 9.17) is 16.0 Å². The molecule has 4 heterocycles. The van der Waals surface area contributed by atoms with Gasteiger partial charge in [0.05, 0.1) is 11.1 Å². The van der Waals surface area contributed by atoms with Crippen molar-refractivity contribution in [3.63, 3.8) is 0 Å². The number of carbonyl (C=O) groups excluding carboxylic acids is 1. The molecule has 34 heavy (non-hydrogen) atoms. The van der Waals surface area contributed by atoms with E-state index in [0.29, 0.717) is 29.4 Å². The first kappa shape index (κ1) is 20.7. The zero-order valence-electron chi connectivity index (χ0n) is 17.8. The first-order valence-corrected chi connectivity index (χ1v) is 10.3. The number of amides is 1. The Morgan fingerprint density at radius 3 is 2.47 bits per heavy atom. The summed E-state index contributed by atoms with van der Waals surface area (Å²) in [7, 11) is 0. The normalized spacial score (nSPS) is 10.7. The van der Waals surface area contributed by atoms with Gasteiger partial charge in [-0.3, -0.25) is 9.36 Å². The van der Waals surface area contributed by atoms with Crippen LogP contribution in [0.4, 0.5) is 5.82 Å². The Morgan fingerprint density at radius 2 is 1.74 bits per heavy atom. The number of nitrogen functional groups attached to an aromatic ring is 1. The van der Waals surface area contributed by atoms with E-state index >= 15 is 0 Å². The lowest BCUT2D eigenvalue weighted by Crippen LogP contribution is -2.23. The number of carbonyl (C=O) groups is 1. The molecule has 0 spiro atoms. The smallest absolute Gasteiger partial charge is 0.254 e. The average Bonchev–Trinajstić information content (AvgIpc) is 3.27. The largest absolute Gasteiger partial charge is 0.383 e. The molecule has 0 bridgehead atoms. The zero-order valence-corrected chi connectivity index (χ0v) is 17.8. The maximum Gasteiger partial charge on any atom is 0.254 e. The molecule has 0 saturated carbocycles. The van der Waals surface area contributed by atoms with Crippen LogP contribution in [0, 0.1) is 11.3 Å². The summed E-state index contributed by atoms with van der Waals surface area (Å²) in [5.41, 5.74) is 10.3. The fourth-order valence-corrected chi connectivity index (χ4v) is 3.49. The molecule has 1 aromatic carbocycles. The molecule has 0 fully saturated rings. The average molecular weight is 447 g/mol. The number of fused-ring (bicyclic) bond motifs is 1. The third kappa shape index (κ3) is 3.89. The highest BCUT2D eigenvalue weighted by atomic mass is 16.1. The summed E-state index contributed by atoms with van der Waals surface area (Å²) in [6, 6.07) is 16.9. The van der Waals surface area contributed by atoms with E-state index in [0.717, 1.165) is 16.8 Å². The van der Waals surface area contributed by atoms with Gasteiger partial charge in [0.2, 0.25) is 5.82 Å². The summed E-state index contributed by atoms with van der Waals surface area (Å²) in [4.78, 5) is 33.4. The standard InChI is InChI=1S/C24H17N9O/c25-11-20-29-13-16(14-30-20)24(34)31-12-15-5-7-17(8-6-15)33-22(18-3-1-9-27-21(18)26)32-19-4-2-10-28-23(19)33/h1-10,13-14H,12H2,(H2,26,27)(H,31,34). The molecule has 164 valence electrons. The Hall–Kier alpha value is -5.17. The second-order valence-electron chi connectivity index (χ2n) is 7.31. The number of hydrogen-bond donors (Lipinski definition) is 2. The predicted molar refractivity (Wildman–Crippen MR) is 124 cm³/mol. The molecule has 3 N–H and O–H groups in total. The number of nitrogens with one attached hydrogen (secondary N) is 1. The van der Waals surface area contributed by atoms with E-state index in [1.807, 2.05) is 59.2 Å². The molecule has 5 aromatic rings. The van der Waals surface area contributed by atoms with Gasteiger partial charge in [0.1, 0.15) is 17.4 Å². The fraction of sp³-hybridized carbons (Fsp3) is 0.0417. The van der Waals surface area contributed by atoms with Gasteiger partial charge in [0.25, 0.3) is 5.91 Å². The Morgan fingerprint density at radius 1 is 1.00 bits per heavy atom. The Balaban J connectivity index is 1.42. The molecule has 10 heteroatoms. The van der Waals surface area contributed by atoms with Crippen molar-refractivity contribution in [1.29, 1.82) is 5.26 Å². The number of aromatic nitrogens is 6. The number of nitrogens with two attached hydrogens (primary N) is 1. The summed E-state index contributed by atoms with van der Waals surface area (Å²) in [5.74, 6) is 0.708. The minimum absolute atomic E-state index is 0.0149. The van der Waals surface area contributed by atoms with Crippen LogP contribution in [0.1, 0.15) is 21.7 Å². The minimum atomic E-state index is -0.326. The van der Waals surface area contributed by atoms with Crippen molar-refractivity contribution in [2.24, 2.45) is 0 Å². The third-order valence-electron chi connectivity index (χ3n) is 5.16. The maximum atomic E-state index is 12.3. The molecule has 1 amide bonds. The Bertz CT molecular complexity index is 1530. The third-order valence-corrected chi connectivity index (χ3v) is 5.16. The molecule has 0 saturated heterocycles. The number of anilines is 1. The predicted octanol–water partition coefficient (Wildman–Crippen LogP) is 2.66. The van der Waals surface area contributed by atoms with Crippen LogP contribution < -0.4 is 11.1 Å². The molecule has 5 rings (SSSR count). The highest BCUT2D eigenvalue weighted by molar-refractivity contribution is 5.93. The van der Waals surface area contributed by atoms with E-state index in [2.05, 4.69) is 25.3 Å². The number of nitrogens with zero attached hydrogens (tertiary/aromatic N) is 7. The Labute approximate surface area is 193 Å². The van der Waals surface area contributed by atoms with Crippen molar-refractivity contribution in [3.05, 3.63) is 90.3 Å². The van der Waals surface area contributed by atoms with Crippen LogP contribution in [0.15, 0.2) is 73.3 Å². The lowest BCUT2D eigenvalue weighted by Gasteiger charge is -2.11. The van der Waals surface area contributed by atoms with Gasteiger partial charge in [-0.1, -0.05) is 12.1 Å². The van der Waals surface area contributed by atoms with Gasteiger partial charge in [-0.05, 0) is 42.0 Å². The highest BCUT2D eigenvalue weighted by Crippen LogP contribution is 2.30. The molecule has 0 aliphatic heterocycles. The SMILES string of the molecule is N#Cc1ncc(C(=O)NCc2ccc(-n3c(-c4cccnc4N)nc4cccnc43)cc2)cn1. The summed E-state index contributed by atoms with van der Waals surface area (Å²) in [5, 5.41) is 11.6. The van der Waals surface area contributed by atoms with Gasteiger partial charge in [0, 0.05) is 37.0 Å². The van der Waals surface area contributed by atoms with Crippen LogP contribution in [0.5, 0.6) is 0 Å². The van der Waals surface area contributed by atoms with Gasteiger partial charge in [0.15, 0.2) is 11.5 Å². The van der Waals surface area contributed by atoms with E-state index in [1.54, 1.807) is 12.4 Å².